The van der Waals surface area contributed by atoms with Crippen LogP contribution in [0.5, 0.6) is 0 Å². The van der Waals surface area contributed by atoms with Crippen molar-refractivity contribution in [2.45, 2.75) is 0 Å². The Morgan fingerprint density at radius 1 is 1.50 bits per heavy atom. The minimum atomic E-state index is -3.09. The second-order valence-corrected chi connectivity index (χ2v) is 5.60. The first-order valence-electron chi connectivity index (χ1n) is 3.67. The van der Waals surface area contributed by atoms with E-state index in [9.17, 15) is 8.42 Å². The summed E-state index contributed by atoms with van der Waals surface area (Å²) in [5.74, 6) is 0.859. The first-order chi connectivity index (χ1) is 5.54. The van der Waals surface area contributed by atoms with E-state index >= 15 is 0 Å². The van der Waals surface area contributed by atoms with Crippen LogP contribution in [0.4, 0.5) is 0 Å². The van der Waals surface area contributed by atoms with E-state index in [-0.39, 0.29) is 12.3 Å². The third-order valence-corrected chi connectivity index (χ3v) is 3.94. The predicted molar refractivity (Wildman–Crippen MR) is 53.9 cm³/mol. The third kappa shape index (κ3) is 4.30. The monoisotopic (exact) mass is 212 g/mol. The van der Waals surface area contributed by atoms with Crippen LogP contribution >= 0.6 is 11.8 Å². The molecule has 0 saturated carbocycles. The second-order valence-electron chi connectivity index (χ2n) is 2.42. The van der Waals surface area contributed by atoms with Crippen LogP contribution in [0, 0.1) is 0 Å². The minimum Gasteiger partial charge on any atom is -0.329 e. The summed E-state index contributed by atoms with van der Waals surface area (Å²) >= 11 is 1.63. The lowest BCUT2D eigenvalue weighted by Crippen LogP contribution is -2.33. The van der Waals surface area contributed by atoms with E-state index in [0.717, 1.165) is 5.75 Å². The van der Waals surface area contributed by atoms with E-state index in [1.165, 1.54) is 4.31 Å². The minimum absolute atomic E-state index is 0.0396. The van der Waals surface area contributed by atoms with Crippen molar-refractivity contribution in [3.63, 3.8) is 0 Å². The second kappa shape index (κ2) is 5.80. The van der Waals surface area contributed by atoms with Crippen LogP contribution in [0.1, 0.15) is 0 Å². The zero-order valence-electron chi connectivity index (χ0n) is 7.49. The summed E-state index contributed by atoms with van der Waals surface area (Å²) < 4.78 is 23.9. The van der Waals surface area contributed by atoms with E-state index < -0.39 is 10.0 Å². The van der Waals surface area contributed by atoms with Gasteiger partial charge in [0, 0.05) is 25.9 Å². The lowest BCUT2D eigenvalue weighted by Gasteiger charge is -2.15. The quantitative estimate of drug-likeness (QED) is 0.649. The summed E-state index contributed by atoms with van der Waals surface area (Å²) in [7, 11) is -1.50. The van der Waals surface area contributed by atoms with Crippen LogP contribution in [0.2, 0.25) is 0 Å². The topological polar surface area (TPSA) is 63.4 Å². The Hall–Kier alpha value is 0.220. The highest BCUT2D eigenvalue weighted by molar-refractivity contribution is 7.98. The number of nitrogens with two attached hydrogens (primary N) is 1. The Balaban J connectivity index is 3.98. The van der Waals surface area contributed by atoms with E-state index in [1.807, 2.05) is 6.26 Å². The summed E-state index contributed by atoms with van der Waals surface area (Å²) in [4.78, 5) is 0. The van der Waals surface area contributed by atoms with Gasteiger partial charge < -0.3 is 5.73 Å². The lowest BCUT2D eigenvalue weighted by atomic mass is 10.8. The molecule has 0 aromatic rings. The van der Waals surface area contributed by atoms with Gasteiger partial charge in [-0.25, -0.2) is 12.7 Å². The van der Waals surface area contributed by atoms with Crippen LogP contribution in [0.15, 0.2) is 0 Å². The summed E-state index contributed by atoms with van der Waals surface area (Å²) in [6.07, 6.45) is 1.95. The molecular formula is C6H16N2O2S2. The highest BCUT2D eigenvalue weighted by atomic mass is 32.2. The molecule has 0 atom stereocenters. The fourth-order valence-corrected chi connectivity index (χ4v) is 2.21. The van der Waals surface area contributed by atoms with E-state index in [0.29, 0.717) is 6.54 Å². The first kappa shape index (κ1) is 12.2. The molecule has 0 aliphatic heterocycles. The standard InChI is InChI=1S/C6H16N2O2S2/c1-8(4-5-11-2)12(9,10)6-3-7/h3-7H2,1-2H3. The Bertz CT molecular complexity index is 204. The van der Waals surface area contributed by atoms with E-state index in [1.54, 1.807) is 18.8 Å². The van der Waals surface area contributed by atoms with Crippen molar-refractivity contribution in [3.8, 4) is 0 Å². The maximum absolute atomic E-state index is 11.3. The summed E-state index contributed by atoms with van der Waals surface area (Å²) in [6.45, 7) is 0.745. The number of nitrogens with zero attached hydrogens (tertiary/aromatic N) is 1. The third-order valence-electron chi connectivity index (χ3n) is 1.46. The van der Waals surface area contributed by atoms with E-state index in [2.05, 4.69) is 0 Å². The molecule has 0 aliphatic rings. The van der Waals surface area contributed by atoms with Gasteiger partial charge in [-0.2, -0.15) is 11.8 Å². The number of sulfonamides is 1. The van der Waals surface area contributed by atoms with Crippen LogP contribution in [-0.4, -0.2) is 50.6 Å². The van der Waals surface area contributed by atoms with Crippen molar-refractivity contribution in [2.75, 3.05) is 37.9 Å². The van der Waals surface area contributed by atoms with Gasteiger partial charge in [0.25, 0.3) is 0 Å². The fourth-order valence-electron chi connectivity index (χ4n) is 0.664. The fraction of sp³-hybridized carbons (Fsp3) is 1.00. The molecule has 0 aromatic carbocycles. The van der Waals surface area contributed by atoms with Crippen LogP contribution in [0.25, 0.3) is 0 Å². The molecule has 0 heterocycles. The van der Waals surface area contributed by atoms with Crippen molar-refractivity contribution in [1.29, 1.82) is 0 Å². The van der Waals surface area contributed by atoms with Gasteiger partial charge in [0.15, 0.2) is 0 Å². The van der Waals surface area contributed by atoms with Gasteiger partial charge in [0.1, 0.15) is 0 Å². The van der Waals surface area contributed by atoms with Gasteiger partial charge in [0.05, 0.1) is 5.75 Å². The summed E-state index contributed by atoms with van der Waals surface area (Å²) in [6, 6.07) is 0. The van der Waals surface area contributed by atoms with Gasteiger partial charge in [-0.1, -0.05) is 0 Å². The molecule has 74 valence electrons. The van der Waals surface area contributed by atoms with Crippen molar-refractivity contribution in [1.82, 2.24) is 4.31 Å². The van der Waals surface area contributed by atoms with Crippen LogP contribution in [0.3, 0.4) is 0 Å². The zero-order valence-corrected chi connectivity index (χ0v) is 9.12. The molecule has 0 aromatic heterocycles. The molecule has 12 heavy (non-hydrogen) atoms. The van der Waals surface area contributed by atoms with Gasteiger partial charge >= 0.3 is 0 Å². The zero-order chi connectivity index (χ0) is 9.61. The molecule has 0 bridgehead atoms. The van der Waals surface area contributed by atoms with Crippen LogP contribution < -0.4 is 5.73 Å². The molecule has 0 spiro atoms. The van der Waals surface area contributed by atoms with Gasteiger partial charge in [-0.15, -0.1) is 0 Å². The Morgan fingerprint density at radius 2 is 2.08 bits per heavy atom. The largest absolute Gasteiger partial charge is 0.329 e. The molecule has 2 N–H and O–H groups in total. The van der Waals surface area contributed by atoms with Gasteiger partial charge in [-0.05, 0) is 6.26 Å². The Morgan fingerprint density at radius 3 is 2.50 bits per heavy atom. The average Bonchev–Trinajstić information content (AvgIpc) is 2.00. The van der Waals surface area contributed by atoms with Crippen molar-refractivity contribution in [2.24, 2.45) is 5.73 Å². The highest BCUT2D eigenvalue weighted by Crippen LogP contribution is 1.99. The highest BCUT2D eigenvalue weighted by Gasteiger charge is 2.15. The van der Waals surface area contributed by atoms with E-state index in [4.69, 9.17) is 5.73 Å². The summed E-state index contributed by atoms with van der Waals surface area (Å²) in [5.41, 5.74) is 5.17. The summed E-state index contributed by atoms with van der Waals surface area (Å²) in [5, 5.41) is 0. The molecule has 0 radical (unpaired) electrons. The van der Waals surface area contributed by atoms with Gasteiger partial charge in [0.2, 0.25) is 10.0 Å². The molecule has 0 amide bonds. The molecule has 6 heteroatoms. The molecule has 0 unspecified atom stereocenters. The molecular weight excluding hydrogens is 196 g/mol. The Kier molecular flexibility index (Phi) is 5.90. The lowest BCUT2D eigenvalue weighted by molar-refractivity contribution is 0.489. The van der Waals surface area contributed by atoms with Crippen molar-refractivity contribution < 1.29 is 8.42 Å². The molecule has 0 rings (SSSR count). The molecule has 0 fully saturated rings. The Labute approximate surface area is 78.5 Å². The number of hydrogen-bond acceptors (Lipinski definition) is 4. The maximum atomic E-state index is 11.3. The van der Waals surface area contributed by atoms with Gasteiger partial charge in [-0.3, -0.25) is 0 Å². The average molecular weight is 212 g/mol. The first-order valence-corrected chi connectivity index (χ1v) is 6.68. The smallest absolute Gasteiger partial charge is 0.215 e. The number of thioether (sulfide) groups is 1. The van der Waals surface area contributed by atoms with Crippen molar-refractivity contribution in [3.05, 3.63) is 0 Å². The number of rotatable bonds is 6. The predicted octanol–water partition coefficient (Wildman–Crippen LogP) is -0.430. The SMILES string of the molecule is CSCCN(C)S(=O)(=O)CCN. The maximum Gasteiger partial charge on any atom is 0.215 e. The number of hydrogen-bond donors (Lipinski definition) is 1. The normalized spacial score (nSPS) is 12.3. The van der Waals surface area contributed by atoms with Crippen LogP contribution in [-0.2, 0) is 10.0 Å². The van der Waals surface area contributed by atoms with Crippen molar-refractivity contribution >= 4 is 21.8 Å². The molecule has 0 aliphatic carbocycles. The molecule has 0 saturated heterocycles. The molecule has 4 nitrogen and oxygen atoms in total.